The molecule has 2 heterocycles. The van der Waals surface area contributed by atoms with Crippen LogP contribution in [0.3, 0.4) is 0 Å². The second kappa shape index (κ2) is 29.5. The maximum atomic E-state index is 4.74. The van der Waals surface area contributed by atoms with Gasteiger partial charge in [0, 0.05) is 51.0 Å². The summed E-state index contributed by atoms with van der Waals surface area (Å²) in [5.74, 6) is 0. The lowest BCUT2D eigenvalue weighted by molar-refractivity contribution is -0.00100. The zero-order valence-corrected chi connectivity index (χ0v) is 28.6. The summed E-state index contributed by atoms with van der Waals surface area (Å²) in [4.78, 5) is 9.48. The topological polar surface area (TPSA) is 34.6 Å². The monoisotopic (exact) mass is 620 g/mol. The minimum absolute atomic E-state index is 0. The molecule has 0 unspecified atom stereocenters. The van der Waals surface area contributed by atoms with Crippen LogP contribution in [0.2, 0.25) is 0 Å². The number of hydrogen-bond donors (Lipinski definition) is 0. The van der Waals surface area contributed by atoms with E-state index >= 15 is 0 Å². The molecule has 2 aromatic heterocycles. The number of pyridine rings is 2. The fourth-order valence-electron chi connectivity index (χ4n) is 5.26. The normalized spacial score (nSPS) is 10.6. The molecule has 0 radical (unpaired) electrons. The van der Waals surface area contributed by atoms with Crippen molar-refractivity contribution in [3.05, 3.63) is 59.8 Å². The van der Waals surface area contributed by atoms with Gasteiger partial charge in [-0.25, -0.2) is 0 Å². The lowest BCUT2D eigenvalue weighted by atomic mass is 10.1. The Hall–Kier alpha value is -1.52. The van der Waals surface area contributed by atoms with E-state index in [0.717, 1.165) is 36.9 Å². The number of aryl methyl sites for hydroxylation is 2. The molecule has 0 aromatic carbocycles. The van der Waals surface area contributed by atoms with Gasteiger partial charge < -0.3 is 33.9 Å². The van der Waals surface area contributed by atoms with Gasteiger partial charge in [-0.15, -0.1) is 0 Å². The SMILES string of the molecule is CCCCCCCCN=c1ccn(CCCCCCCCCCn2ccc(=NCCCCCCCC)cc2)cc1.[Cl-].[Cl-]. The van der Waals surface area contributed by atoms with Crippen LogP contribution in [0.5, 0.6) is 0 Å². The summed E-state index contributed by atoms with van der Waals surface area (Å²) in [6.07, 6.45) is 35.5. The fraction of sp³-hybridized carbons (Fsp3) is 0.722. The largest absolute Gasteiger partial charge is 1.00 e. The van der Waals surface area contributed by atoms with Gasteiger partial charge in [-0.2, -0.15) is 0 Å². The number of unbranched alkanes of at least 4 members (excludes halogenated alkanes) is 17. The van der Waals surface area contributed by atoms with Gasteiger partial charge in [0.25, 0.3) is 0 Å². The van der Waals surface area contributed by atoms with Gasteiger partial charge in [-0.3, -0.25) is 9.98 Å². The number of hydrogen-bond acceptors (Lipinski definition) is 2. The van der Waals surface area contributed by atoms with Crippen LogP contribution in [0.25, 0.3) is 0 Å². The van der Waals surface area contributed by atoms with Crippen molar-refractivity contribution in [3.63, 3.8) is 0 Å². The molecule has 2 rings (SSSR count). The second-order valence-electron chi connectivity index (χ2n) is 11.7. The van der Waals surface area contributed by atoms with Crippen LogP contribution in [-0.2, 0) is 13.1 Å². The summed E-state index contributed by atoms with van der Waals surface area (Å²) in [6, 6.07) is 8.71. The van der Waals surface area contributed by atoms with Gasteiger partial charge in [-0.05, 0) is 49.9 Å². The zero-order chi connectivity index (χ0) is 28.4. The molecule has 0 saturated carbocycles. The maximum absolute atomic E-state index is 4.74. The third-order valence-electron chi connectivity index (χ3n) is 7.94. The van der Waals surface area contributed by atoms with Crippen LogP contribution in [0, 0.1) is 0 Å². The molecule has 0 aliphatic rings. The Morgan fingerprint density at radius 2 is 0.690 bits per heavy atom. The molecule has 0 aliphatic carbocycles. The highest BCUT2D eigenvalue weighted by molar-refractivity contribution is 4.94. The van der Waals surface area contributed by atoms with E-state index in [9.17, 15) is 0 Å². The molecule has 0 spiro atoms. The molecular weight excluding hydrogens is 559 g/mol. The Labute approximate surface area is 271 Å². The van der Waals surface area contributed by atoms with Gasteiger partial charge in [-0.1, -0.05) is 117 Å². The average molecular weight is 622 g/mol. The van der Waals surface area contributed by atoms with E-state index in [-0.39, 0.29) is 24.8 Å². The van der Waals surface area contributed by atoms with Gasteiger partial charge >= 0.3 is 0 Å². The molecule has 0 saturated heterocycles. The van der Waals surface area contributed by atoms with Gasteiger partial charge in [0.15, 0.2) is 0 Å². The molecule has 6 heteroatoms. The predicted molar refractivity (Wildman–Crippen MR) is 173 cm³/mol. The molecule has 42 heavy (non-hydrogen) atoms. The molecule has 4 nitrogen and oxygen atoms in total. The first kappa shape index (κ1) is 40.5. The van der Waals surface area contributed by atoms with Crippen molar-refractivity contribution in [1.29, 1.82) is 0 Å². The second-order valence-corrected chi connectivity index (χ2v) is 11.7. The van der Waals surface area contributed by atoms with Crippen molar-refractivity contribution >= 4 is 0 Å². The fourth-order valence-corrected chi connectivity index (χ4v) is 5.26. The standard InChI is InChI=1S/C36H62N4.2ClH/c1-3-5-7-9-15-19-27-37-35-23-31-39(32-24-35)29-21-17-13-11-12-14-18-22-30-40-33-25-36(26-34-40)38-28-20-16-10-8-6-4-2;;/h23-26,31-34H,3-22,27-30H2,1-2H3;2*1H/p-2. The van der Waals surface area contributed by atoms with Crippen LogP contribution in [0.15, 0.2) is 59.0 Å². The van der Waals surface area contributed by atoms with Crippen LogP contribution in [-0.4, -0.2) is 22.2 Å². The molecule has 0 bridgehead atoms. The Morgan fingerprint density at radius 1 is 0.405 bits per heavy atom. The first-order valence-corrected chi connectivity index (χ1v) is 17.1. The first-order chi connectivity index (χ1) is 19.8. The Kier molecular flexibility index (Phi) is 28.5. The summed E-state index contributed by atoms with van der Waals surface area (Å²) in [6.45, 7) is 8.74. The molecule has 0 atom stereocenters. The molecule has 0 amide bonds. The van der Waals surface area contributed by atoms with E-state index in [1.807, 2.05) is 0 Å². The van der Waals surface area contributed by atoms with Crippen molar-refractivity contribution in [2.75, 3.05) is 13.1 Å². The lowest BCUT2D eigenvalue weighted by Crippen LogP contribution is -3.00. The molecule has 0 fully saturated rings. The molecular formula is C36H62Cl2N4-2. The van der Waals surface area contributed by atoms with Crippen LogP contribution >= 0.6 is 0 Å². The van der Waals surface area contributed by atoms with Crippen molar-refractivity contribution in [3.8, 4) is 0 Å². The van der Waals surface area contributed by atoms with Crippen molar-refractivity contribution in [2.45, 2.75) is 155 Å². The van der Waals surface area contributed by atoms with E-state index < -0.39 is 0 Å². The zero-order valence-electron chi connectivity index (χ0n) is 27.1. The third kappa shape index (κ3) is 22.1. The third-order valence-corrected chi connectivity index (χ3v) is 7.94. The van der Waals surface area contributed by atoms with Gasteiger partial charge in [0.2, 0.25) is 0 Å². The first-order valence-electron chi connectivity index (χ1n) is 17.1. The number of halogens is 2. The van der Waals surface area contributed by atoms with Crippen molar-refractivity contribution in [2.24, 2.45) is 9.98 Å². The van der Waals surface area contributed by atoms with Crippen molar-refractivity contribution < 1.29 is 24.8 Å². The highest BCUT2D eigenvalue weighted by atomic mass is 35.5. The summed E-state index contributed by atoms with van der Waals surface area (Å²) in [5, 5.41) is 2.27. The van der Waals surface area contributed by atoms with Gasteiger partial charge in [0.05, 0.1) is 10.7 Å². The van der Waals surface area contributed by atoms with E-state index in [2.05, 4.69) is 72.0 Å². The maximum Gasteiger partial charge on any atom is 0.0603 e. The van der Waals surface area contributed by atoms with Crippen LogP contribution in [0.1, 0.15) is 142 Å². The minimum Gasteiger partial charge on any atom is -1.00 e. The molecule has 242 valence electrons. The van der Waals surface area contributed by atoms with E-state index in [1.165, 1.54) is 128 Å². The summed E-state index contributed by atoms with van der Waals surface area (Å²) < 4.78 is 4.63. The van der Waals surface area contributed by atoms with Crippen LogP contribution in [0.4, 0.5) is 0 Å². The quantitative estimate of drug-likeness (QED) is 0.152. The Balaban J connectivity index is 0.00000840. The Bertz CT molecular complexity index is 862. The van der Waals surface area contributed by atoms with E-state index in [1.54, 1.807) is 0 Å². The lowest BCUT2D eigenvalue weighted by Gasteiger charge is -2.07. The van der Waals surface area contributed by atoms with E-state index in [0.29, 0.717) is 0 Å². The summed E-state index contributed by atoms with van der Waals surface area (Å²) in [7, 11) is 0. The molecule has 0 aliphatic heterocycles. The smallest absolute Gasteiger partial charge is 0.0603 e. The van der Waals surface area contributed by atoms with Crippen LogP contribution < -0.4 is 35.5 Å². The van der Waals surface area contributed by atoms with Crippen molar-refractivity contribution in [1.82, 2.24) is 9.13 Å². The number of nitrogens with zero attached hydrogens (tertiary/aromatic N) is 4. The van der Waals surface area contributed by atoms with Gasteiger partial charge in [0.1, 0.15) is 0 Å². The summed E-state index contributed by atoms with van der Waals surface area (Å²) >= 11 is 0. The van der Waals surface area contributed by atoms with E-state index in [4.69, 9.17) is 9.98 Å². The Morgan fingerprint density at radius 3 is 1.02 bits per heavy atom. The average Bonchev–Trinajstić information content (AvgIpc) is 2.98. The number of rotatable bonds is 25. The number of aromatic nitrogens is 2. The minimum atomic E-state index is 0. The predicted octanol–water partition coefficient (Wildman–Crippen LogP) is 3.64. The summed E-state index contributed by atoms with van der Waals surface area (Å²) in [5.41, 5.74) is 0. The highest BCUT2D eigenvalue weighted by Gasteiger charge is 1.96. The highest BCUT2D eigenvalue weighted by Crippen LogP contribution is 2.10. The molecule has 0 N–H and O–H groups in total. The molecule has 2 aromatic rings.